The van der Waals surface area contributed by atoms with Gasteiger partial charge in [-0.2, -0.15) is 0 Å². The van der Waals surface area contributed by atoms with Crippen molar-refractivity contribution in [3.8, 4) is 5.75 Å². The summed E-state index contributed by atoms with van der Waals surface area (Å²) in [7, 11) is 1.52. The van der Waals surface area contributed by atoms with Crippen LogP contribution in [-0.2, 0) is 6.42 Å². The van der Waals surface area contributed by atoms with Gasteiger partial charge in [0, 0.05) is 0 Å². The molecule has 1 atom stereocenters. The first-order valence-corrected chi connectivity index (χ1v) is 5.20. The minimum atomic E-state index is -2.51. The van der Waals surface area contributed by atoms with E-state index in [4.69, 9.17) is 10.5 Å². The summed E-state index contributed by atoms with van der Waals surface area (Å²) in [6.45, 7) is 0. The van der Waals surface area contributed by atoms with Crippen LogP contribution in [0.15, 0.2) is 22.7 Å². The second-order valence-corrected chi connectivity index (χ2v) is 3.93. The monoisotopic (exact) mass is 279 g/mol. The van der Waals surface area contributed by atoms with Crippen LogP contribution in [0.5, 0.6) is 5.75 Å². The molecule has 0 aliphatic carbocycles. The van der Waals surface area contributed by atoms with Crippen LogP contribution in [0, 0.1) is 0 Å². The Hall–Kier alpha value is -0.680. The van der Waals surface area contributed by atoms with Crippen molar-refractivity contribution in [1.29, 1.82) is 0 Å². The molecule has 1 aromatic rings. The van der Waals surface area contributed by atoms with Crippen molar-refractivity contribution in [2.75, 3.05) is 7.11 Å². The number of benzene rings is 1. The van der Waals surface area contributed by atoms with E-state index in [2.05, 4.69) is 15.9 Å². The molecule has 0 saturated heterocycles. The van der Waals surface area contributed by atoms with Crippen LogP contribution in [0.3, 0.4) is 0 Å². The van der Waals surface area contributed by atoms with Crippen molar-refractivity contribution in [2.45, 2.75) is 18.9 Å². The molecule has 0 spiro atoms. The largest absolute Gasteiger partial charge is 0.496 e. The van der Waals surface area contributed by atoms with Gasteiger partial charge in [0.1, 0.15) is 5.75 Å². The molecular weight excluding hydrogens is 268 g/mol. The number of rotatable bonds is 4. The van der Waals surface area contributed by atoms with E-state index < -0.39 is 12.5 Å². The highest BCUT2D eigenvalue weighted by molar-refractivity contribution is 9.10. The number of methoxy groups -OCH3 is 1. The molecule has 2 nitrogen and oxygen atoms in total. The molecule has 5 heteroatoms. The van der Waals surface area contributed by atoms with Crippen molar-refractivity contribution in [3.63, 3.8) is 0 Å². The quantitative estimate of drug-likeness (QED) is 0.920. The predicted molar refractivity (Wildman–Crippen MR) is 58.4 cm³/mol. The van der Waals surface area contributed by atoms with Gasteiger partial charge in [-0.3, -0.25) is 0 Å². The van der Waals surface area contributed by atoms with Crippen LogP contribution < -0.4 is 10.5 Å². The van der Waals surface area contributed by atoms with Crippen LogP contribution in [0.1, 0.15) is 5.56 Å². The third kappa shape index (κ3) is 3.14. The van der Waals surface area contributed by atoms with Crippen LogP contribution in [0.2, 0.25) is 0 Å². The van der Waals surface area contributed by atoms with Crippen LogP contribution in [0.4, 0.5) is 8.78 Å². The lowest BCUT2D eigenvalue weighted by atomic mass is 10.1. The van der Waals surface area contributed by atoms with Gasteiger partial charge in [-0.1, -0.05) is 12.1 Å². The topological polar surface area (TPSA) is 35.2 Å². The minimum absolute atomic E-state index is 0.120. The summed E-state index contributed by atoms with van der Waals surface area (Å²) in [6.07, 6.45) is -2.39. The standard InChI is InChI=1S/C10H12BrF2NO/c1-15-8-4-2-3-6(9(8)11)5-7(14)10(12)13/h2-4,7,10H,5,14H2,1H3. The fourth-order valence-electron chi connectivity index (χ4n) is 1.21. The van der Waals surface area contributed by atoms with E-state index in [-0.39, 0.29) is 6.42 Å². The maximum Gasteiger partial charge on any atom is 0.253 e. The molecule has 0 radical (unpaired) electrons. The first kappa shape index (κ1) is 12.4. The van der Waals surface area contributed by atoms with Crippen molar-refractivity contribution in [1.82, 2.24) is 0 Å². The zero-order valence-corrected chi connectivity index (χ0v) is 9.80. The van der Waals surface area contributed by atoms with E-state index in [1.54, 1.807) is 18.2 Å². The van der Waals surface area contributed by atoms with Gasteiger partial charge in [0.25, 0.3) is 6.43 Å². The molecule has 1 unspecified atom stereocenters. The number of halogens is 3. The molecule has 0 aliphatic heterocycles. The van der Waals surface area contributed by atoms with Crippen LogP contribution in [-0.4, -0.2) is 19.6 Å². The van der Waals surface area contributed by atoms with Gasteiger partial charge >= 0.3 is 0 Å². The number of ether oxygens (including phenoxy) is 1. The fraction of sp³-hybridized carbons (Fsp3) is 0.400. The van der Waals surface area contributed by atoms with E-state index >= 15 is 0 Å². The van der Waals surface area contributed by atoms with Gasteiger partial charge in [0.2, 0.25) is 0 Å². The highest BCUT2D eigenvalue weighted by Gasteiger charge is 2.17. The van der Waals surface area contributed by atoms with Gasteiger partial charge in [0.15, 0.2) is 0 Å². The summed E-state index contributed by atoms with van der Waals surface area (Å²) in [6, 6.07) is 4.10. The van der Waals surface area contributed by atoms with Crippen LogP contribution >= 0.6 is 15.9 Å². The molecule has 0 bridgehead atoms. The molecular formula is C10H12BrF2NO. The van der Waals surface area contributed by atoms with Gasteiger partial charge in [-0.15, -0.1) is 0 Å². The molecule has 0 amide bonds. The van der Waals surface area contributed by atoms with Crippen LogP contribution in [0.25, 0.3) is 0 Å². The molecule has 0 fully saturated rings. The van der Waals surface area contributed by atoms with E-state index in [0.29, 0.717) is 10.2 Å². The molecule has 0 aliphatic rings. The third-order valence-electron chi connectivity index (χ3n) is 2.04. The number of alkyl halides is 2. The maximum atomic E-state index is 12.3. The molecule has 15 heavy (non-hydrogen) atoms. The number of hydrogen-bond donors (Lipinski definition) is 1. The van der Waals surface area contributed by atoms with E-state index in [1.165, 1.54) is 7.11 Å². The Morgan fingerprint density at radius 3 is 2.67 bits per heavy atom. The Morgan fingerprint density at radius 1 is 1.47 bits per heavy atom. The highest BCUT2D eigenvalue weighted by atomic mass is 79.9. The molecule has 84 valence electrons. The normalized spacial score (nSPS) is 12.9. The summed E-state index contributed by atoms with van der Waals surface area (Å²) >= 11 is 3.29. The number of hydrogen-bond acceptors (Lipinski definition) is 2. The summed E-state index contributed by atoms with van der Waals surface area (Å²) in [5.41, 5.74) is 6.02. The molecule has 0 heterocycles. The van der Waals surface area contributed by atoms with Crippen molar-refractivity contribution >= 4 is 15.9 Å². The smallest absolute Gasteiger partial charge is 0.253 e. The fourth-order valence-corrected chi connectivity index (χ4v) is 1.80. The average Bonchev–Trinajstić information content (AvgIpc) is 2.21. The highest BCUT2D eigenvalue weighted by Crippen LogP contribution is 2.29. The zero-order chi connectivity index (χ0) is 11.4. The molecule has 2 N–H and O–H groups in total. The van der Waals surface area contributed by atoms with Gasteiger partial charge < -0.3 is 10.5 Å². The summed E-state index contributed by atoms with van der Waals surface area (Å²) in [5, 5.41) is 0. The summed E-state index contributed by atoms with van der Waals surface area (Å²) in [4.78, 5) is 0. The summed E-state index contributed by atoms with van der Waals surface area (Å²) < 4.78 is 30.2. The van der Waals surface area contributed by atoms with Crippen molar-refractivity contribution in [3.05, 3.63) is 28.2 Å². The van der Waals surface area contributed by atoms with Crippen molar-refractivity contribution < 1.29 is 13.5 Å². The summed E-state index contributed by atoms with van der Waals surface area (Å²) in [5.74, 6) is 0.619. The van der Waals surface area contributed by atoms with Crippen molar-refractivity contribution in [2.24, 2.45) is 5.73 Å². The molecule has 1 rings (SSSR count). The number of nitrogens with two attached hydrogens (primary N) is 1. The molecule has 1 aromatic carbocycles. The van der Waals surface area contributed by atoms with E-state index in [0.717, 1.165) is 5.56 Å². The molecule has 0 aromatic heterocycles. The SMILES string of the molecule is COc1cccc(CC(N)C(F)F)c1Br. The van der Waals surface area contributed by atoms with Gasteiger partial charge in [-0.05, 0) is 34.0 Å². The Kier molecular flexibility index (Phi) is 4.47. The zero-order valence-electron chi connectivity index (χ0n) is 8.21. The van der Waals surface area contributed by atoms with E-state index in [1.807, 2.05) is 0 Å². The Bertz CT molecular complexity index is 333. The first-order valence-electron chi connectivity index (χ1n) is 4.41. The molecule has 0 saturated carbocycles. The second-order valence-electron chi connectivity index (χ2n) is 3.14. The average molecular weight is 280 g/mol. The van der Waals surface area contributed by atoms with E-state index in [9.17, 15) is 8.78 Å². The Labute approximate surface area is 95.5 Å². The Morgan fingerprint density at radius 2 is 2.13 bits per heavy atom. The third-order valence-corrected chi connectivity index (χ3v) is 2.94. The lowest BCUT2D eigenvalue weighted by molar-refractivity contribution is 0.116. The predicted octanol–water partition coefficient (Wildman–Crippen LogP) is 2.59. The Balaban J connectivity index is 2.86. The first-order chi connectivity index (χ1) is 7.06. The van der Waals surface area contributed by atoms with Gasteiger partial charge in [-0.25, -0.2) is 8.78 Å². The second kappa shape index (κ2) is 5.42. The lowest BCUT2D eigenvalue weighted by Gasteiger charge is -2.13. The maximum absolute atomic E-state index is 12.3. The lowest BCUT2D eigenvalue weighted by Crippen LogP contribution is -2.31. The van der Waals surface area contributed by atoms with Gasteiger partial charge in [0.05, 0.1) is 17.6 Å². The minimum Gasteiger partial charge on any atom is -0.496 e.